The molecular formula is C26H44N6O9. The number of hydrogen-bond acceptors (Lipinski definition) is 8. The number of carboxylic acids is 2. The van der Waals surface area contributed by atoms with Gasteiger partial charge in [0.25, 0.3) is 0 Å². The van der Waals surface area contributed by atoms with Gasteiger partial charge in [0, 0.05) is 6.42 Å². The van der Waals surface area contributed by atoms with Crippen molar-refractivity contribution in [1.82, 2.24) is 31.9 Å². The lowest BCUT2D eigenvalue weighted by Crippen LogP contribution is -2.56. The summed E-state index contributed by atoms with van der Waals surface area (Å²) in [6.07, 6.45) is 1.26. The number of rotatable bonds is 18. The van der Waals surface area contributed by atoms with Gasteiger partial charge in [0.05, 0.1) is 12.6 Å². The molecule has 0 aliphatic carbocycles. The highest BCUT2D eigenvalue weighted by Gasteiger charge is 2.30. The number of hydrogen-bond donors (Lipinski definition) is 8. The Morgan fingerprint density at radius 1 is 0.732 bits per heavy atom. The zero-order chi connectivity index (χ0) is 31.1. The first-order chi connectivity index (χ1) is 19.2. The largest absolute Gasteiger partial charge is 0.481 e. The van der Waals surface area contributed by atoms with E-state index in [0.29, 0.717) is 13.0 Å². The van der Waals surface area contributed by atoms with Crippen LogP contribution in [-0.2, 0) is 33.6 Å². The summed E-state index contributed by atoms with van der Waals surface area (Å²) in [5, 5.41) is 33.1. The monoisotopic (exact) mass is 584 g/mol. The quantitative estimate of drug-likeness (QED) is 0.0925. The number of carboxylic acid groups (broad SMARTS) is 2. The van der Waals surface area contributed by atoms with Crippen molar-refractivity contribution in [3.63, 3.8) is 0 Å². The highest BCUT2D eigenvalue weighted by Crippen LogP contribution is 2.10. The molecule has 0 saturated carbocycles. The minimum absolute atomic E-state index is 0.0109. The lowest BCUT2D eigenvalue weighted by molar-refractivity contribution is -0.139. The molecule has 1 aliphatic rings. The van der Waals surface area contributed by atoms with Crippen molar-refractivity contribution in [1.29, 1.82) is 0 Å². The Morgan fingerprint density at radius 2 is 1.29 bits per heavy atom. The highest BCUT2D eigenvalue weighted by atomic mass is 16.4. The first-order valence-electron chi connectivity index (χ1n) is 13.8. The van der Waals surface area contributed by atoms with Crippen LogP contribution < -0.4 is 31.9 Å². The molecule has 0 radical (unpaired) electrons. The summed E-state index contributed by atoms with van der Waals surface area (Å²) >= 11 is 0. The average Bonchev–Trinajstić information content (AvgIpc) is 3.42. The molecule has 1 fully saturated rings. The fourth-order valence-electron chi connectivity index (χ4n) is 4.22. The van der Waals surface area contributed by atoms with E-state index in [1.807, 2.05) is 27.7 Å². The maximum Gasteiger partial charge on any atom is 0.322 e. The molecule has 15 heteroatoms. The maximum atomic E-state index is 13.1. The summed E-state index contributed by atoms with van der Waals surface area (Å²) in [4.78, 5) is 85.3. The Labute approximate surface area is 239 Å². The maximum absolute atomic E-state index is 13.1. The SMILES string of the molecule is CC(C)C[C@H](NC(=O)CNC(=O)[C@H](CCC(=O)O)NC(=O)[C@@H]1CCCN1)C(=O)N[C@@H](CC(C)C)C(=O)NCC(=O)O. The molecule has 41 heavy (non-hydrogen) atoms. The van der Waals surface area contributed by atoms with Crippen LogP contribution >= 0.6 is 0 Å². The van der Waals surface area contributed by atoms with Gasteiger partial charge >= 0.3 is 11.9 Å². The molecule has 0 unspecified atom stereocenters. The van der Waals surface area contributed by atoms with E-state index in [1.165, 1.54) is 0 Å². The van der Waals surface area contributed by atoms with Gasteiger partial charge in [0.2, 0.25) is 29.5 Å². The van der Waals surface area contributed by atoms with E-state index in [-0.39, 0.29) is 37.5 Å². The van der Waals surface area contributed by atoms with Crippen molar-refractivity contribution in [2.75, 3.05) is 19.6 Å². The van der Waals surface area contributed by atoms with Crippen LogP contribution in [0.15, 0.2) is 0 Å². The van der Waals surface area contributed by atoms with E-state index in [4.69, 9.17) is 10.2 Å². The Bertz CT molecular complexity index is 950. The highest BCUT2D eigenvalue weighted by molar-refractivity contribution is 5.95. The van der Waals surface area contributed by atoms with Crippen molar-refractivity contribution in [3.05, 3.63) is 0 Å². The average molecular weight is 585 g/mol. The molecule has 15 nitrogen and oxygen atoms in total. The zero-order valence-corrected chi connectivity index (χ0v) is 24.1. The molecule has 0 aromatic carbocycles. The third-order valence-electron chi connectivity index (χ3n) is 6.19. The smallest absolute Gasteiger partial charge is 0.322 e. The predicted octanol–water partition coefficient (Wildman–Crippen LogP) is -1.53. The molecule has 0 aromatic rings. The van der Waals surface area contributed by atoms with Gasteiger partial charge in [-0.3, -0.25) is 33.6 Å². The first-order valence-corrected chi connectivity index (χ1v) is 13.8. The van der Waals surface area contributed by atoms with Crippen LogP contribution in [0.5, 0.6) is 0 Å². The van der Waals surface area contributed by atoms with Gasteiger partial charge < -0.3 is 42.1 Å². The third kappa shape index (κ3) is 14.4. The van der Waals surface area contributed by atoms with Gasteiger partial charge in [-0.25, -0.2) is 0 Å². The van der Waals surface area contributed by atoms with Crippen LogP contribution in [0.25, 0.3) is 0 Å². The summed E-state index contributed by atoms with van der Waals surface area (Å²) in [6, 6.07) is -3.75. The van der Waals surface area contributed by atoms with Crippen LogP contribution in [0, 0.1) is 11.8 Å². The van der Waals surface area contributed by atoms with E-state index >= 15 is 0 Å². The molecule has 0 spiro atoms. The number of nitrogens with one attached hydrogen (secondary N) is 6. The van der Waals surface area contributed by atoms with Crippen LogP contribution in [0.1, 0.15) is 66.2 Å². The number of carbonyl (C=O) groups is 7. The molecule has 0 aromatic heterocycles. The fourth-order valence-corrected chi connectivity index (χ4v) is 4.22. The van der Waals surface area contributed by atoms with Gasteiger partial charge in [0.1, 0.15) is 24.7 Å². The number of amides is 5. The summed E-state index contributed by atoms with van der Waals surface area (Å²) < 4.78 is 0. The lowest BCUT2D eigenvalue weighted by atomic mass is 10.00. The first kappa shape index (κ1) is 35.3. The molecular weight excluding hydrogens is 540 g/mol. The molecule has 0 bridgehead atoms. The van der Waals surface area contributed by atoms with Gasteiger partial charge in [-0.05, 0) is 50.5 Å². The molecule has 1 rings (SSSR count). The second-order valence-electron chi connectivity index (χ2n) is 10.9. The van der Waals surface area contributed by atoms with E-state index in [0.717, 1.165) is 6.42 Å². The van der Waals surface area contributed by atoms with Crippen molar-refractivity contribution in [2.45, 2.75) is 90.4 Å². The van der Waals surface area contributed by atoms with Crippen LogP contribution in [0.3, 0.4) is 0 Å². The van der Waals surface area contributed by atoms with Crippen molar-refractivity contribution >= 4 is 41.5 Å². The van der Waals surface area contributed by atoms with Crippen molar-refractivity contribution < 1.29 is 43.8 Å². The van der Waals surface area contributed by atoms with Crippen LogP contribution in [0.4, 0.5) is 0 Å². The van der Waals surface area contributed by atoms with E-state index in [2.05, 4.69) is 31.9 Å². The van der Waals surface area contributed by atoms with Gasteiger partial charge in [-0.15, -0.1) is 0 Å². The van der Waals surface area contributed by atoms with E-state index in [9.17, 15) is 33.6 Å². The second kappa shape index (κ2) is 17.8. The fraction of sp³-hybridized carbons (Fsp3) is 0.731. The van der Waals surface area contributed by atoms with E-state index in [1.54, 1.807) is 0 Å². The van der Waals surface area contributed by atoms with Crippen LogP contribution in [-0.4, -0.2) is 95.5 Å². The Morgan fingerprint density at radius 3 is 1.80 bits per heavy atom. The summed E-state index contributed by atoms with van der Waals surface area (Å²) in [6.45, 7) is 6.81. The summed E-state index contributed by atoms with van der Waals surface area (Å²) in [5.41, 5.74) is 0. The summed E-state index contributed by atoms with van der Waals surface area (Å²) in [7, 11) is 0. The number of aliphatic carboxylic acids is 2. The Kier molecular flexibility index (Phi) is 15.3. The predicted molar refractivity (Wildman–Crippen MR) is 146 cm³/mol. The normalized spacial score (nSPS) is 16.8. The Balaban J connectivity index is 2.83. The standard InChI is InChI=1S/C26H44N6O9/c1-14(2)10-18(24(39)29-13-22(36)37)32-26(41)19(11-15(3)4)30-20(33)12-28-23(38)17(7-8-21(34)35)31-25(40)16-6-5-9-27-16/h14-19,27H,5-13H2,1-4H3,(H,28,38)(H,29,39)(H,30,33)(H,31,40)(H,32,41)(H,34,35)(H,36,37)/t16-,17-,18-,19-/m0/s1. The topological polar surface area (TPSA) is 232 Å². The third-order valence-corrected chi connectivity index (χ3v) is 6.19. The molecule has 1 aliphatic heterocycles. The minimum Gasteiger partial charge on any atom is -0.481 e. The Hall–Kier alpha value is -3.75. The van der Waals surface area contributed by atoms with Crippen LogP contribution in [0.2, 0.25) is 0 Å². The minimum atomic E-state index is -1.24. The van der Waals surface area contributed by atoms with Gasteiger partial charge in [-0.1, -0.05) is 27.7 Å². The molecule has 232 valence electrons. The molecule has 5 amide bonds. The van der Waals surface area contributed by atoms with Crippen molar-refractivity contribution in [3.8, 4) is 0 Å². The molecule has 4 atom stereocenters. The second-order valence-corrected chi connectivity index (χ2v) is 10.9. The number of carbonyl (C=O) groups excluding carboxylic acids is 5. The van der Waals surface area contributed by atoms with Gasteiger partial charge in [0.15, 0.2) is 0 Å². The van der Waals surface area contributed by atoms with Gasteiger partial charge in [-0.2, -0.15) is 0 Å². The molecule has 1 saturated heterocycles. The zero-order valence-electron chi connectivity index (χ0n) is 24.1. The molecule has 1 heterocycles. The molecule has 8 N–H and O–H groups in total. The lowest BCUT2D eigenvalue weighted by Gasteiger charge is -2.25. The summed E-state index contributed by atoms with van der Waals surface area (Å²) in [5.74, 6) is -5.64. The van der Waals surface area contributed by atoms with Crippen molar-refractivity contribution in [2.24, 2.45) is 11.8 Å². The van der Waals surface area contributed by atoms with E-state index < -0.39 is 78.7 Å².